The van der Waals surface area contributed by atoms with Crippen LogP contribution in [0.4, 0.5) is 11.4 Å². The second kappa shape index (κ2) is 10.4. The van der Waals surface area contributed by atoms with Gasteiger partial charge in [0.2, 0.25) is 5.91 Å². The molecule has 0 saturated heterocycles. The molecule has 0 aromatic heterocycles. The van der Waals surface area contributed by atoms with E-state index in [4.69, 9.17) is 16.3 Å². The molecule has 39 heavy (non-hydrogen) atoms. The van der Waals surface area contributed by atoms with Gasteiger partial charge in [0.05, 0.1) is 11.3 Å². The predicted octanol–water partition coefficient (Wildman–Crippen LogP) is 5.94. The summed E-state index contributed by atoms with van der Waals surface area (Å²) in [6.07, 6.45) is 1.27. The van der Waals surface area contributed by atoms with Crippen LogP contribution in [0.1, 0.15) is 54.6 Å². The molecule has 2 heterocycles. The van der Waals surface area contributed by atoms with Gasteiger partial charge >= 0.3 is 5.97 Å². The van der Waals surface area contributed by atoms with Crippen molar-refractivity contribution in [3.8, 4) is 5.75 Å². The molecule has 202 valence electrons. The average Bonchev–Trinajstić information content (AvgIpc) is 3.34. The van der Waals surface area contributed by atoms with Gasteiger partial charge in [-0.3, -0.25) is 14.4 Å². The molecule has 3 aromatic rings. The summed E-state index contributed by atoms with van der Waals surface area (Å²) in [5.41, 5.74) is 3.01. The van der Waals surface area contributed by atoms with Crippen LogP contribution in [0.3, 0.4) is 0 Å². The Morgan fingerprint density at radius 1 is 1.03 bits per heavy atom. The molecule has 0 saturated carbocycles. The fourth-order valence-electron chi connectivity index (χ4n) is 5.30. The van der Waals surface area contributed by atoms with Crippen LogP contribution in [-0.4, -0.2) is 42.1 Å². The SMILES string of the molecule is C[C@H]1C[C@H](C(=O)N2CCc3cc(Cl)ccc32)c2ccccc2N1C(=O)c1ccc(OCC(C)(C)C(=O)O)cc1. The standard InChI is InChI=1S/C31H31ClN2O5/c1-19-16-25(29(36)33-15-14-21-17-22(32)10-13-26(21)33)24-6-4-5-7-27(24)34(19)28(35)20-8-11-23(12-9-20)39-18-31(2,3)30(37)38/h4-13,17,19,25H,14-16,18H2,1-3H3,(H,37,38)/t19-,25-/m0/s1. The number of para-hydroxylation sites is 1. The largest absolute Gasteiger partial charge is 0.492 e. The quantitative estimate of drug-likeness (QED) is 0.413. The highest BCUT2D eigenvalue weighted by Crippen LogP contribution is 2.42. The summed E-state index contributed by atoms with van der Waals surface area (Å²) in [6.45, 7) is 5.78. The van der Waals surface area contributed by atoms with Crippen molar-refractivity contribution in [1.82, 2.24) is 0 Å². The number of rotatable bonds is 6. The minimum absolute atomic E-state index is 0.0100. The summed E-state index contributed by atoms with van der Waals surface area (Å²) in [7, 11) is 0. The highest BCUT2D eigenvalue weighted by molar-refractivity contribution is 6.30. The van der Waals surface area contributed by atoms with Crippen LogP contribution >= 0.6 is 11.6 Å². The number of hydrogen-bond acceptors (Lipinski definition) is 4. The van der Waals surface area contributed by atoms with E-state index in [1.165, 1.54) is 0 Å². The second-order valence-corrected chi connectivity index (χ2v) is 11.3. The third kappa shape index (κ3) is 5.11. The molecule has 0 spiro atoms. The molecule has 8 heteroatoms. The molecule has 0 aliphatic carbocycles. The number of carbonyl (C=O) groups is 3. The molecular weight excluding hydrogens is 516 g/mol. The van der Waals surface area contributed by atoms with E-state index in [0.29, 0.717) is 29.3 Å². The van der Waals surface area contributed by atoms with E-state index >= 15 is 0 Å². The normalized spacial score (nSPS) is 18.4. The van der Waals surface area contributed by atoms with Crippen molar-refractivity contribution in [3.63, 3.8) is 0 Å². The molecule has 1 N–H and O–H groups in total. The molecule has 0 unspecified atom stereocenters. The number of carbonyl (C=O) groups excluding carboxylic acids is 2. The van der Waals surface area contributed by atoms with Crippen LogP contribution in [0.25, 0.3) is 0 Å². The van der Waals surface area contributed by atoms with Crippen LogP contribution in [-0.2, 0) is 16.0 Å². The number of halogens is 1. The number of carboxylic acids is 1. The van der Waals surface area contributed by atoms with Gasteiger partial charge in [0.15, 0.2) is 0 Å². The zero-order chi connectivity index (χ0) is 27.9. The number of ether oxygens (including phenoxy) is 1. The topological polar surface area (TPSA) is 87.2 Å². The lowest BCUT2D eigenvalue weighted by Crippen LogP contribution is -2.46. The molecule has 3 aromatic carbocycles. The lowest BCUT2D eigenvalue weighted by atomic mass is 9.84. The van der Waals surface area contributed by atoms with Gasteiger partial charge in [0.25, 0.3) is 5.91 Å². The van der Waals surface area contributed by atoms with E-state index in [-0.39, 0.29) is 30.4 Å². The molecule has 0 fully saturated rings. The smallest absolute Gasteiger partial charge is 0.312 e. The number of anilines is 2. The van der Waals surface area contributed by atoms with E-state index in [9.17, 15) is 19.5 Å². The Bertz CT molecular complexity index is 1440. The van der Waals surface area contributed by atoms with Gasteiger partial charge < -0.3 is 19.6 Å². The van der Waals surface area contributed by atoms with Gasteiger partial charge in [-0.15, -0.1) is 0 Å². The van der Waals surface area contributed by atoms with E-state index in [1.54, 1.807) is 43.0 Å². The molecule has 0 bridgehead atoms. The minimum Gasteiger partial charge on any atom is -0.492 e. The number of fused-ring (bicyclic) bond motifs is 2. The molecular formula is C31H31ClN2O5. The Labute approximate surface area is 232 Å². The molecule has 0 radical (unpaired) electrons. The van der Waals surface area contributed by atoms with Gasteiger partial charge in [-0.2, -0.15) is 0 Å². The third-order valence-electron chi connectivity index (χ3n) is 7.59. The number of hydrogen-bond donors (Lipinski definition) is 1. The maximum Gasteiger partial charge on any atom is 0.312 e. The fraction of sp³-hybridized carbons (Fsp3) is 0.323. The third-order valence-corrected chi connectivity index (χ3v) is 7.82. The zero-order valence-electron chi connectivity index (χ0n) is 22.2. The van der Waals surface area contributed by atoms with Crippen molar-refractivity contribution in [2.45, 2.75) is 45.6 Å². The summed E-state index contributed by atoms with van der Waals surface area (Å²) in [5.74, 6) is -0.948. The first-order chi connectivity index (χ1) is 18.6. The minimum atomic E-state index is -1.03. The average molecular weight is 547 g/mol. The summed E-state index contributed by atoms with van der Waals surface area (Å²) in [5, 5.41) is 9.96. The first kappa shape index (κ1) is 26.8. The zero-order valence-corrected chi connectivity index (χ0v) is 22.9. The molecule has 2 amide bonds. The van der Waals surface area contributed by atoms with Crippen molar-refractivity contribution >= 4 is 40.8 Å². The fourth-order valence-corrected chi connectivity index (χ4v) is 5.50. The highest BCUT2D eigenvalue weighted by atomic mass is 35.5. The Balaban J connectivity index is 1.37. The molecule has 2 atom stereocenters. The number of carboxylic acid groups (broad SMARTS) is 1. The Morgan fingerprint density at radius 2 is 1.74 bits per heavy atom. The Morgan fingerprint density at radius 3 is 2.46 bits per heavy atom. The maximum absolute atomic E-state index is 13.9. The Hall–Kier alpha value is -3.84. The summed E-state index contributed by atoms with van der Waals surface area (Å²) < 4.78 is 5.66. The van der Waals surface area contributed by atoms with E-state index in [0.717, 1.165) is 28.9 Å². The lowest BCUT2D eigenvalue weighted by Gasteiger charge is -2.40. The summed E-state index contributed by atoms with van der Waals surface area (Å²) in [6, 6.07) is 19.8. The van der Waals surface area contributed by atoms with Gasteiger partial charge in [0.1, 0.15) is 12.4 Å². The number of benzene rings is 3. The Kier molecular flexibility index (Phi) is 7.12. The van der Waals surface area contributed by atoms with Gasteiger partial charge in [0, 0.05) is 34.5 Å². The van der Waals surface area contributed by atoms with Crippen LogP contribution in [0.15, 0.2) is 66.7 Å². The number of nitrogens with zero attached hydrogens (tertiary/aromatic N) is 2. The molecule has 7 nitrogen and oxygen atoms in total. The lowest BCUT2D eigenvalue weighted by molar-refractivity contribution is -0.148. The maximum atomic E-state index is 13.9. The van der Waals surface area contributed by atoms with Crippen molar-refractivity contribution in [2.24, 2.45) is 5.41 Å². The van der Waals surface area contributed by atoms with E-state index in [1.807, 2.05) is 54.3 Å². The van der Waals surface area contributed by atoms with Crippen LogP contribution < -0.4 is 14.5 Å². The van der Waals surface area contributed by atoms with Gasteiger partial charge in [-0.1, -0.05) is 29.8 Å². The molecule has 5 rings (SSSR count). The summed E-state index contributed by atoms with van der Waals surface area (Å²) >= 11 is 6.17. The number of aliphatic carboxylic acids is 1. The number of amides is 2. The van der Waals surface area contributed by atoms with Gasteiger partial charge in [-0.25, -0.2) is 0 Å². The van der Waals surface area contributed by atoms with Crippen molar-refractivity contribution in [1.29, 1.82) is 0 Å². The summed E-state index contributed by atoms with van der Waals surface area (Å²) in [4.78, 5) is 42.5. The first-order valence-electron chi connectivity index (χ1n) is 13.1. The van der Waals surface area contributed by atoms with Crippen molar-refractivity contribution < 1.29 is 24.2 Å². The van der Waals surface area contributed by atoms with E-state index in [2.05, 4.69) is 0 Å². The van der Waals surface area contributed by atoms with E-state index < -0.39 is 11.4 Å². The van der Waals surface area contributed by atoms with Crippen LogP contribution in [0, 0.1) is 5.41 Å². The van der Waals surface area contributed by atoms with Crippen molar-refractivity contribution in [3.05, 3.63) is 88.4 Å². The molecule has 2 aliphatic heterocycles. The monoisotopic (exact) mass is 546 g/mol. The van der Waals surface area contributed by atoms with Crippen LogP contribution in [0.2, 0.25) is 5.02 Å². The second-order valence-electron chi connectivity index (χ2n) is 10.9. The first-order valence-corrected chi connectivity index (χ1v) is 13.4. The molecule has 2 aliphatic rings. The highest BCUT2D eigenvalue weighted by Gasteiger charge is 2.40. The van der Waals surface area contributed by atoms with Gasteiger partial charge in [-0.05, 0) is 93.3 Å². The van der Waals surface area contributed by atoms with Crippen molar-refractivity contribution in [2.75, 3.05) is 23.0 Å². The van der Waals surface area contributed by atoms with Crippen LogP contribution in [0.5, 0.6) is 5.75 Å². The predicted molar refractivity (Wildman–Crippen MR) is 151 cm³/mol.